The largest absolute Gasteiger partial charge is 0.306 e. The lowest BCUT2D eigenvalue weighted by Gasteiger charge is -2.35. The average Bonchev–Trinajstić information content (AvgIpc) is 3.78. The first-order valence-corrected chi connectivity index (χ1v) is 16.2. The van der Waals surface area contributed by atoms with Gasteiger partial charge in [-0.3, -0.25) is 4.57 Å². The minimum absolute atomic E-state index is 0.390. The van der Waals surface area contributed by atoms with Crippen LogP contribution in [0.1, 0.15) is 22.3 Å². The number of fused-ring (bicyclic) bond motifs is 12. The SMILES string of the molecule is c1ccc(-c2nc3cccc4c3n2-c2ccccc2N4c2ccc3c(c2)C2(c4ccccc4-c4ccccc42)c2ccccc2-3)cc1. The highest BCUT2D eigenvalue weighted by molar-refractivity contribution is 6.04. The smallest absolute Gasteiger partial charge is 0.145 e. The van der Waals surface area contributed by atoms with Crippen molar-refractivity contribution in [1.29, 1.82) is 0 Å². The van der Waals surface area contributed by atoms with Crippen LogP contribution < -0.4 is 4.90 Å². The van der Waals surface area contributed by atoms with Crippen LogP contribution in [0.15, 0.2) is 164 Å². The van der Waals surface area contributed by atoms with E-state index in [-0.39, 0.29) is 0 Å². The first kappa shape index (κ1) is 25.1. The number of anilines is 3. The first-order valence-electron chi connectivity index (χ1n) is 16.2. The number of hydrogen-bond acceptors (Lipinski definition) is 2. The Morgan fingerprint density at radius 2 is 0.979 bits per heavy atom. The van der Waals surface area contributed by atoms with E-state index in [4.69, 9.17) is 4.98 Å². The van der Waals surface area contributed by atoms with Gasteiger partial charge in [0.15, 0.2) is 0 Å². The zero-order chi connectivity index (χ0) is 30.7. The summed E-state index contributed by atoms with van der Waals surface area (Å²) >= 11 is 0. The van der Waals surface area contributed by atoms with E-state index < -0.39 is 5.41 Å². The topological polar surface area (TPSA) is 21.1 Å². The fourth-order valence-corrected chi connectivity index (χ4v) is 8.78. The highest BCUT2D eigenvalue weighted by atomic mass is 15.2. The summed E-state index contributed by atoms with van der Waals surface area (Å²) in [5.74, 6) is 0.961. The van der Waals surface area contributed by atoms with Crippen molar-refractivity contribution in [2.75, 3.05) is 4.90 Å². The lowest BCUT2D eigenvalue weighted by molar-refractivity contribution is 0.793. The van der Waals surface area contributed by atoms with Gasteiger partial charge in [0.05, 0.1) is 33.5 Å². The molecule has 11 rings (SSSR count). The van der Waals surface area contributed by atoms with Crippen LogP contribution in [0.25, 0.3) is 50.4 Å². The van der Waals surface area contributed by atoms with Crippen molar-refractivity contribution in [3.05, 3.63) is 186 Å². The third-order valence-electron chi connectivity index (χ3n) is 10.5. The molecule has 218 valence electrons. The lowest BCUT2D eigenvalue weighted by atomic mass is 9.70. The van der Waals surface area contributed by atoms with Crippen molar-refractivity contribution in [2.45, 2.75) is 5.41 Å². The lowest BCUT2D eigenvalue weighted by Crippen LogP contribution is -2.26. The predicted octanol–water partition coefficient (Wildman–Crippen LogP) is 10.8. The molecule has 0 atom stereocenters. The summed E-state index contributed by atoms with van der Waals surface area (Å²) in [6, 6.07) is 59.9. The Balaban J connectivity index is 1.21. The number of rotatable bonds is 2. The quantitative estimate of drug-likeness (QED) is 0.198. The normalized spacial score (nSPS) is 14.1. The molecule has 0 unspecified atom stereocenters. The van der Waals surface area contributed by atoms with Gasteiger partial charge in [-0.1, -0.05) is 127 Å². The summed E-state index contributed by atoms with van der Waals surface area (Å²) in [5.41, 5.74) is 18.0. The number of para-hydroxylation sites is 3. The predicted molar refractivity (Wildman–Crippen MR) is 191 cm³/mol. The third kappa shape index (κ3) is 3.04. The Kier molecular flexibility index (Phi) is 4.78. The minimum atomic E-state index is -0.390. The molecule has 0 fully saturated rings. The number of imidazole rings is 1. The molecule has 1 aliphatic heterocycles. The van der Waals surface area contributed by atoms with Gasteiger partial charge in [0, 0.05) is 11.3 Å². The van der Waals surface area contributed by atoms with E-state index in [0.717, 1.165) is 45.2 Å². The molecule has 2 aliphatic carbocycles. The van der Waals surface area contributed by atoms with Crippen LogP contribution in [0.4, 0.5) is 17.1 Å². The molecule has 2 heterocycles. The minimum Gasteiger partial charge on any atom is -0.306 e. The fourth-order valence-electron chi connectivity index (χ4n) is 8.78. The molecular formula is C44H27N3. The summed E-state index contributed by atoms with van der Waals surface area (Å²) in [6.07, 6.45) is 0. The summed E-state index contributed by atoms with van der Waals surface area (Å²) in [7, 11) is 0. The van der Waals surface area contributed by atoms with Crippen molar-refractivity contribution < 1.29 is 0 Å². The molecule has 0 saturated heterocycles. The van der Waals surface area contributed by atoms with Crippen LogP contribution >= 0.6 is 0 Å². The van der Waals surface area contributed by atoms with Crippen molar-refractivity contribution >= 4 is 28.1 Å². The standard InChI is InChI=1S/C44H27N3/c1-2-13-28(14-3-1)43-45-38-21-12-24-41-42(38)47(43)40-23-11-10-22-39(40)46(41)29-25-26-33-32-17-6-9-20-36(32)44(37(33)27-29)34-18-7-4-15-30(34)31-16-5-8-19-35(31)44/h1-27H. The maximum absolute atomic E-state index is 5.21. The second kappa shape index (κ2) is 8.96. The molecule has 0 saturated carbocycles. The molecule has 47 heavy (non-hydrogen) atoms. The van der Waals surface area contributed by atoms with E-state index in [1.165, 1.54) is 44.5 Å². The molecule has 1 aromatic heterocycles. The van der Waals surface area contributed by atoms with Gasteiger partial charge in [-0.05, 0) is 80.9 Å². The molecule has 7 aromatic carbocycles. The number of benzene rings is 7. The Morgan fingerprint density at radius 1 is 0.426 bits per heavy atom. The van der Waals surface area contributed by atoms with Gasteiger partial charge >= 0.3 is 0 Å². The zero-order valence-corrected chi connectivity index (χ0v) is 25.4. The number of aromatic nitrogens is 2. The molecule has 0 amide bonds. The molecule has 0 radical (unpaired) electrons. The van der Waals surface area contributed by atoms with Crippen LogP contribution in [-0.2, 0) is 5.41 Å². The van der Waals surface area contributed by atoms with Crippen molar-refractivity contribution in [3.63, 3.8) is 0 Å². The molecule has 3 aliphatic rings. The van der Waals surface area contributed by atoms with Gasteiger partial charge in [0.1, 0.15) is 5.82 Å². The third-order valence-corrected chi connectivity index (χ3v) is 10.5. The summed E-state index contributed by atoms with van der Waals surface area (Å²) in [6.45, 7) is 0. The van der Waals surface area contributed by atoms with Gasteiger partial charge in [-0.2, -0.15) is 0 Å². The van der Waals surface area contributed by atoms with Gasteiger partial charge in [0.2, 0.25) is 0 Å². The summed E-state index contributed by atoms with van der Waals surface area (Å²) in [5, 5.41) is 0. The van der Waals surface area contributed by atoms with E-state index >= 15 is 0 Å². The number of nitrogens with zero attached hydrogens (tertiary/aromatic N) is 3. The molecule has 8 aromatic rings. The van der Waals surface area contributed by atoms with Gasteiger partial charge in [-0.25, -0.2) is 4.98 Å². The van der Waals surface area contributed by atoms with E-state index in [0.29, 0.717) is 0 Å². The van der Waals surface area contributed by atoms with Crippen LogP contribution in [0.2, 0.25) is 0 Å². The Hall–Kier alpha value is -6.19. The highest BCUT2D eigenvalue weighted by Crippen LogP contribution is 2.63. The van der Waals surface area contributed by atoms with Gasteiger partial charge in [0.25, 0.3) is 0 Å². The molecule has 3 nitrogen and oxygen atoms in total. The Labute approximate surface area is 272 Å². The maximum atomic E-state index is 5.21. The second-order valence-corrected chi connectivity index (χ2v) is 12.7. The molecule has 1 spiro atoms. The first-order chi connectivity index (χ1) is 23.3. The van der Waals surface area contributed by atoms with E-state index in [9.17, 15) is 0 Å². The fraction of sp³-hybridized carbons (Fsp3) is 0.0227. The Bertz CT molecular complexity index is 2530. The van der Waals surface area contributed by atoms with E-state index in [2.05, 4.69) is 173 Å². The Morgan fingerprint density at radius 3 is 1.66 bits per heavy atom. The van der Waals surface area contributed by atoms with E-state index in [1.807, 2.05) is 0 Å². The van der Waals surface area contributed by atoms with Crippen molar-refractivity contribution in [1.82, 2.24) is 9.55 Å². The average molecular weight is 598 g/mol. The number of hydrogen-bond donors (Lipinski definition) is 0. The zero-order valence-electron chi connectivity index (χ0n) is 25.4. The monoisotopic (exact) mass is 597 g/mol. The van der Waals surface area contributed by atoms with Gasteiger partial charge < -0.3 is 4.90 Å². The van der Waals surface area contributed by atoms with Crippen LogP contribution in [0.5, 0.6) is 0 Å². The van der Waals surface area contributed by atoms with Crippen LogP contribution in [0.3, 0.4) is 0 Å². The second-order valence-electron chi connectivity index (χ2n) is 12.7. The molecular weight excluding hydrogens is 571 g/mol. The molecule has 0 bridgehead atoms. The maximum Gasteiger partial charge on any atom is 0.145 e. The summed E-state index contributed by atoms with van der Waals surface area (Å²) < 4.78 is 2.35. The summed E-state index contributed by atoms with van der Waals surface area (Å²) in [4.78, 5) is 7.65. The van der Waals surface area contributed by atoms with Crippen molar-refractivity contribution in [2.24, 2.45) is 0 Å². The van der Waals surface area contributed by atoms with Crippen LogP contribution in [-0.4, -0.2) is 9.55 Å². The van der Waals surface area contributed by atoms with Crippen molar-refractivity contribution in [3.8, 4) is 39.3 Å². The molecule has 0 N–H and O–H groups in total. The highest BCUT2D eigenvalue weighted by Gasteiger charge is 2.51. The van der Waals surface area contributed by atoms with Gasteiger partial charge in [-0.15, -0.1) is 0 Å². The van der Waals surface area contributed by atoms with Crippen LogP contribution in [0, 0.1) is 0 Å². The molecule has 3 heteroatoms. The van der Waals surface area contributed by atoms with E-state index in [1.54, 1.807) is 0 Å².